The van der Waals surface area contributed by atoms with Crippen molar-refractivity contribution in [3.05, 3.63) is 35.4 Å². The van der Waals surface area contributed by atoms with Crippen molar-refractivity contribution >= 4 is 0 Å². The highest BCUT2D eigenvalue weighted by atomic mass is 14.9. The highest BCUT2D eigenvalue weighted by molar-refractivity contribution is 5.25. The Hall–Kier alpha value is -0.820. The van der Waals surface area contributed by atoms with E-state index >= 15 is 0 Å². The topological polar surface area (TPSA) is 12.0 Å². The summed E-state index contributed by atoms with van der Waals surface area (Å²) in [7, 11) is 0. The van der Waals surface area contributed by atoms with E-state index in [1.54, 1.807) is 0 Å². The first kappa shape index (κ1) is 13.6. The van der Waals surface area contributed by atoms with E-state index in [0.717, 1.165) is 18.9 Å². The van der Waals surface area contributed by atoms with Gasteiger partial charge in [0.15, 0.2) is 0 Å². The van der Waals surface area contributed by atoms with Crippen molar-refractivity contribution in [3.63, 3.8) is 0 Å². The third-order valence-corrected chi connectivity index (χ3v) is 4.22. The van der Waals surface area contributed by atoms with Crippen molar-refractivity contribution in [2.75, 3.05) is 6.54 Å². The van der Waals surface area contributed by atoms with Gasteiger partial charge in [-0.3, -0.25) is 0 Å². The van der Waals surface area contributed by atoms with Crippen LogP contribution in [-0.4, -0.2) is 6.54 Å². The molecule has 0 aromatic heterocycles. The van der Waals surface area contributed by atoms with Crippen LogP contribution in [0.5, 0.6) is 0 Å². The van der Waals surface area contributed by atoms with Gasteiger partial charge >= 0.3 is 0 Å². The monoisotopic (exact) mass is 245 g/mol. The molecule has 100 valence electrons. The normalized spacial score (nSPS) is 17.4. The number of rotatable bonds is 7. The van der Waals surface area contributed by atoms with Crippen molar-refractivity contribution in [2.45, 2.75) is 58.4 Å². The Balaban J connectivity index is 2.00. The number of hydrogen-bond donors (Lipinski definition) is 1. The van der Waals surface area contributed by atoms with Crippen LogP contribution in [0.1, 0.15) is 63.1 Å². The van der Waals surface area contributed by atoms with Crippen molar-refractivity contribution in [1.29, 1.82) is 0 Å². The van der Waals surface area contributed by atoms with Crippen molar-refractivity contribution in [3.8, 4) is 0 Å². The fourth-order valence-electron chi connectivity index (χ4n) is 2.70. The lowest BCUT2D eigenvalue weighted by Gasteiger charge is -2.30. The van der Waals surface area contributed by atoms with E-state index in [0.29, 0.717) is 6.04 Å². The van der Waals surface area contributed by atoms with E-state index in [2.05, 4.69) is 43.4 Å². The molecule has 1 aliphatic rings. The maximum atomic E-state index is 3.72. The van der Waals surface area contributed by atoms with Crippen LogP contribution in [0.25, 0.3) is 0 Å². The van der Waals surface area contributed by atoms with Crippen LogP contribution < -0.4 is 5.32 Å². The van der Waals surface area contributed by atoms with Crippen molar-refractivity contribution in [1.82, 2.24) is 5.32 Å². The molecule has 1 N–H and O–H groups in total. The second kappa shape index (κ2) is 6.94. The van der Waals surface area contributed by atoms with Gasteiger partial charge in [0.2, 0.25) is 0 Å². The largest absolute Gasteiger partial charge is 0.310 e. The van der Waals surface area contributed by atoms with Crippen LogP contribution in [0, 0.1) is 5.92 Å². The molecule has 0 heterocycles. The van der Waals surface area contributed by atoms with Crippen LogP contribution in [0.4, 0.5) is 0 Å². The quantitative estimate of drug-likeness (QED) is 0.747. The molecule has 1 nitrogen and oxygen atoms in total. The molecule has 2 rings (SSSR count). The van der Waals surface area contributed by atoms with E-state index < -0.39 is 0 Å². The zero-order valence-corrected chi connectivity index (χ0v) is 11.9. The summed E-state index contributed by atoms with van der Waals surface area (Å²) in [5.74, 6) is 0.963. The molecule has 18 heavy (non-hydrogen) atoms. The Morgan fingerprint density at radius 1 is 1.17 bits per heavy atom. The molecule has 1 unspecified atom stereocenters. The average Bonchev–Trinajstić information content (AvgIpc) is 2.37. The van der Waals surface area contributed by atoms with Crippen LogP contribution >= 0.6 is 0 Å². The first-order chi connectivity index (χ1) is 8.83. The maximum absolute atomic E-state index is 3.72. The molecule has 0 amide bonds. The average molecular weight is 245 g/mol. The van der Waals surface area contributed by atoms with E-state index in [4.69, 9.17) is 0 Å². The molecule has 1 saturated carbocycles. The molecule has 1 aromatic carbocycles. The van der Waals surface area contributed by atoms with Gasteiger partial charge in [0, 0.05) is 6.04 Å². The number of hydrogen-bond acceptors (Lipinski definition) is 1. The molecule has 0 saturated heterocycles. The van der Waals surface area contributed by atoms with E-state index in [9.17, 15) is 0 Å². The SMILES string of the molecule is CCCNC(CC1CCC1)c1ccc(CC)cc1. The molecule has 1 fully saturated rings. The summed E-state index contributed by atoms with van der Waals surface area (Å²) in [6, 6.07) is 9.80. The highest BCUT2D eigenvalue weighted by Crippen LogP contribution is 2.34. The molecule has 1 heteroatoms. The minimum absolute atomic E-state index is 0.571. The molecule has 1 atom stereocenters. The fourth-order valence-corrected chi connectivity index (χ4v) is 2.70. The Labute approximate surface area is 112 Å². The Morgan fingerprint density at radius 2 is 1.89 bits per heavy atom. The van der Waals surface area contributed by atoms with Crippen LogP contribution in [0.15, 0.2) is 24.3 Å². The first-order valence-electron chi connectivity index (χ1n) is 7.65. The van der Waals surface area contributed by atoms with Gasteiger partial charge in [0.05, 0.1) is 0 Å². The summed E-state index contributed by atoms with van der Waals surface area (Å²) in [6.45, 7) is 5.59. The Morgan fingerprint density at radius 3 is 2.39 bits per heavy atom. The Kier molecular flexibility index (Phi) is 5.25. The van der Waals surface area contributed by atoms with Gasteiger partial charge in [-0.25, -0.2) is 0 Å². The summed E-state index contributed by atoms with van der Waals surface area (Å²) in [4.78, 5) is 0. The minimum atomic E-state index is 0.571. The minimum Gasteiger partial charge on any atom is -0.310 e. The predicted molar refractivity (Wildman–Crippen MR) is 78.8 cm³/mol. The first-order valence-corrected chi connectivity index (χ1v) is 7.65. The lowest BCUT2D eigenvalue weighted by atomic mass is 9.79. The zero-order valence-electron chi connectivity index (χ0n) is 11.9. The van der Waals surface area contributed by atoms with E-state index in [1.807, 2.05) is 0 Å². The molecule has 1 aromatic rings. The highest BCUT2D eigenvalue weighted by Gasteiger charge is 2.22. The summed E-state index contributed by atoms with van der Waals surface area (Å²) >= 11 is 0. The van der Waals surface area contributed by atoms with Gasteiger partial charge in [0.25, 0.3) is 0 Å². The predicted octanol–water partition coefficient (Wildman–Crippen LogP) is 4.48. The van der Waals surface area contributed by atoms with Gasteiger partial charge in [-0.05, 0) is 42.9 Å². The van der Waals surface area contributed by atoms with E-state index in [-0.39, 0.29) is 0 Å². The maximum Gasteiger partial charge on any atom is 0.0322 e. The molecule has 0 radical (unpaired) electrons. The van der Waals surface area contributed by atoms with Gasteiger partial charge < -0.3 is 5.32 Å². The molecule has 1 aliphatic carbocycles. The van der Waals surface area contributed by atoms with Crippen molar-refractivity contribution < 1.29 is 0 Å². The van der Waals surface area contributed by atoms with Crippen LogP contribution in [0.3, 0.4) is 0 Å². The molecule has 0 aliphatic heterocycles. The third kappa shape index (κ3) is 3.58. The Bertz CT molecular complexity index is 337. The van der Waals surface area contributed by atoms with Gasteiger partial charge in [0.1, 0.15) is 0 Å². The second-order valence-electron chi connectivity index (χ2n) is 5.63. The third-order valence-electron chi connectivity index (χ3n) is 4.22. The van der Waals surface area contributed by atoms with Crippen molar-refractivity contribution in [2.24, 2.45) is 5.92 Å². The number of benzene rings is 1. The molecular weight excluding hydrogens is 218 g/mol. The van der Waals surface area contributed by atoms with Gasteiger partial charge in [-0.15, -0.1) is 0 Å². The van der Waals surface area contributed by atoms with E-state index in [1.165, 1.54) is 43.2 Å². The lowest BCUT2D eigenvalue weighted by Crippen LogP contribution is -2.26. The second-order valence-corrected chi connectivity index (χ2v) is 5.63. The smallest absolute Gasteiger partial charge is 0.0322 e. The summed E-state index contributed by atoms with van der Waals surface area (Å²) in [5.41, 5.74) is 2.92. The van der Waals surface area contributed by atoms with Crippen LogP contribution in [-0.2, 0) is 6.42 Å². The molecular formula is C17H27N. The molecule has 0 spiro atoms. The lowest BCUT2D eigenvalue weighted by molar-refractivity contribution is 0.261. The number of aryl methyl sites for hydroxylation is 1. The van der Waals surface area contributed by atoms with Gasteiger partial charge in [-0.2, -0.15) is 0 Å². The standard InChI is InChI=1S/C17H27N/c1-3-12-18-17(13-15-6-5-7-15)16-10-8-14(4-2)9-11-16/h8-11,15,17-18H,3-7,12-13H2,1-2H3. The summed E-state index contributed by atoms with van der Waals surface area (Å²) in [6.07, 6.45) is 8.00. The summed E-state index contributed by atoms with van der Waals surface area (Å²) < 4.78 is 0. The van der Waals surface area contributed by atoms with Gasteiger partial charge in [-0.1, -0.05) is 57.4 Å². The summed E-state index contributed by atoms with van der Waals surface area (Å²) in [5, 5.41) is 3.72. The fraction of sp³-hybridized carbons (Fsp3) is 0.647. The number of nitrogens with one attached hydrogen (secondary N) is 1. The molecule has 0 bridgehead atoms. The van der Waals surface area contributed by atoms with Crippen LogP contribution in [0.2, 0.25) is 0 Å². The zero-order chi connectivity index (χ0) is 12.8.